The first-order valence-electron chi connectivity index (χ1n) is 7.57. The fraction of sp³-hybridized carbons (Fsp3) is 0.625. The fourth-order valence-corrected chi connectivity index (χ4v) is 3.16. The normalized spacial score (nSPS) is 24.4. The molecule has 2 fully saturated rings. The highest BCUT2D eigenvalue weighted by Crippen LogP contribution is 2.24. The maximum absolute atomic E-state index is 5.46. The zero-order valence-corrected chi connectivity index (χ0v) is 11.6. The lowest BCUT2D eigenvalue weighted by atomic mass is 9.96. The Morgan fingerprint density at radius 1 is 1.16 bits per heavy atom. The van der Waals surface area contributed by atoms with Crippen LogP contribution in [0.2, 0.25) is 0 Å². The van der Waals surface area contributed by atoms with Crippen LogP contribution in [0.3, 0.4) is 0 Å². The van der Waals surface area contributed by atoms with Gasteiger partial charge in [0.15, 0.2) is 0 Å². The van der Waals surface area contributed by atoms with Crippen LogP contribution in [-0.4, -0.2) is 38.9 Å². The quantitative estimate of drug-likeness (QED) is 0.902. The summed E-state index contributed by atoms with van der Waals surface area (Å²) in [6.45, 7) is 4.95. The van der Waals surface area contributed by atoms with E-state index in [2.05, 4.69) is 34.5 Å². The van der Waals surface area contributed by atoms with Crippen molar-refractivity contribution >= 4 is 5.69 Å². The first kappa shape index (κ1) is 12.9. The minimum atomic E-state index is 0.663. The molecule has 19 heavy (non-hydrogen) atoms. The van der Waals surface area contributed by atoms with Gasteiger partial charge in [-0.1, -0.05) is 24.6 Å². The molecule has 0 aliphatic carbocycles. The second-order valence-corrected chi connectivity index (χ2v) is 5.58. The third-order valence-electron chi connectivity index (χ3n) is 4.22. The summed E-state index contributed by atoms with van der Waals surface area (Å²) in [6, 6.07) is 9.55. The van der Waals surface area contributed by atoms with Crippen molar-refractivity contribution < 1.29 is 4.74 Å². The van der Waals surface area contributed by atoms with Crippen molar-refractivity contribution in [3.63, 3.8) is 0 Å². The van der Waals surface area contributed by atoms with E-state index in [4.69, 9.17) is 4.74 Å². The zero-order chi connectivity index (χ0) is 12.9. The van der Waals surface area contributed by atoms with Crippen molar-refractivity contribution in [3.8, 4) is 0 Å². The molecule has 2 aliphatic rings. The number of anilines is 1. The molecule has 0 amide bonds. The molecule has 1 aromatic carbocycles. The standard InChI is InChI=1S/C16H24N2O/c1-2-7-16(18-9-11-19-12-10-18)14(5-1)13-15-6-3-4-8-17-15/h1-2,5,7,15,17H,3-4,6,8-13H2. The Morgan fingerprint density at radius 3 is 2.79 bits per heavy atom. The largest absolute Gasteiger partial charge is 0.378 e. The van der Waals surface area contributed by atoms with E-state index in [1.54, 1.807) is 0 Å². The Balaban J connectivity index is 1.72. The van der Waals surface area contributed by atoms with Gasteiger partial charge in [0.25, 0.3) is 0 Å². The van der Waals surface area contributed by atoms with Crippen LogP contribution in [0.25, 0.3) is 0 Å². The van der Waals surface area contributed by atoms with Crippen molar-refractivity contribution in [1.29, 1.82) is 0 Å². The van der Waals surface area contributed by atoms with Gasteiger partial charge in [0, 0.05) is 24.8 Å². The Morgan fingerprint density at radius 2 is 2.00 bits per heavy atom. The predicted octanol–water partition coefficient (Wildman–Crippen LogP) is 2.21. The van der Waals surface area contributed by atoms with Gasteiger partial charge in [0.1, 0.15) is 0 Å². The van der Waals surface area contributed by atoms with Crippen LogP contribution in [0.15, 0.2) is 24.3 Å². The lowest BCUT2D eigenvalue weighted by Gasteiger charge is -2.32. The molecule has 0 bridgehead atoms. The summed E-state index contributed by atoms with van der Waals surface area (Å²) in [6.07, 6.45) is 5.18. The molecule has 3 heteroatoms. The second kappa shape index (κ2) is 6.40. The summed E-state index contributed by atoms with van der Waals surface area (Å²) in [4.78, 5) is 2.47. The SMILES string of the molecule is c1ccc(N2CCOCC2)c(CC2CCCCN2)c1. The number of ether oxygens (including phenoxy) is 1. The molecule has 2 saturated heterocycles. The molecule has 1 unspecified atom stereocenters. The first-order valence-corrected chi connectivity index (χ1v) is 7.57. The minimum Gasteiger partial charge on any atom is -0.378 e. The number of hydrogen-bond donors (Lipinski definition) is 1. The fourth-order valence-electron chi connectivity index (χ4n) is 3.16. The van der Waals surface area contributed by atoms with Gasteiger partial charge in [-0.3, -0.25) is 0 Å². The van der Waals surface area contributed by atoms with Gasteiger partial charge in [-0.2, -0.15) is 0 Å². The predicted molar refractivity (Wildman–Crippen MR) is 78.8 cm³/mol. The number of rotatable bonds is 3. The molecular formula is C16H24N2O. The van der Waals surface area contributed by atoms with Crippen molar-refractivity contribution in [1.82, 2.24) is 5.32 Å². The number of nitrogens with zero attached hydrogens (tertiary/aromatic N) is 1. The molecule has 0 saturated carbocycles. The van der Waals surface area contributed by atoms with E-state index >= 15 is 0 Å². The number of para-hydroxylation sites is 1. The van der Waals surface area contributed by atoms with E-state index < -0.39 is 0 Å². The van der Waals surface area contributed by atoms with E-state index in [1.165, 1.54) is 37.1 Å². The number of nitrogens with one attached hydrogen (secondary N) is 1. The van der Waals surface area contributed by atoms with Crippen molar-refractivity contribution in [2.45, 2.75) is 31.7 Å². The van der Waals surface area contributed by atoms with Gasteiger partial charge in [-0.05, 0) is 37.4 Å². The average molecular weight is 260 g/mol. The maximum Gasteiger partial charge on any atom is 0.0642 e. The highest BCUT2D eigenvalue weighted by Gasteiger charge is 2.18. The molecule has 3 nitrogen and oxygen atoms in total. The number of benzene rings is 1. The summed E-state index contributed by atoms with van der Waals surface area (Å²) >= 11 is 0. The molecule has 0 aromatic heterocycles. The topological polar surface area (TPSA) is 24.5 Å². The summed E-state index contributed by atoms with van der Waals surface area (Å²) < 4.78 is 5.46. The Labute approximate surface area is 115 Å². The highest BCUT2D eigenvalue weighted by molar-refractivity contribution is 5.54. The van der Waals surface area contributed by atoms with Gasteiger partial charge >= 0.3 is 0 Å². The molecular weight excluding hydrogens is 236 g/mol. The van der Waals surface area contributed by atoms with E-state index in [9.17, 15) is 0 Å². The van der Waals surface area contributed by atoms with E-state index in [-0.39, 0.29) is 0 Å². The average Bonchev–Trinajstić information content (AvgIpc) is 2.50. The van der Waals surface area contributed by atoms with Crippen LogP contribution >= 0.6 is 0 Å². The zero-order valence-electron chi connectivity index (χ0n) is 11.6. The Kier molecular flexibility index (Phi) is 4.36. The summed E-state index contributed by atoms with van der Waals surface area (Å²) in [7, 11) is 0. The summed E-state index contributed by atoms with van der Waals surface area (Å²) in [5.74, 6) is 0. The van der Waals surface area contributed by atoms with E-state index in [0.29, 0.717) is 6.04 Å². The van der Waals surface area contributed by atoms with Gasteiger partial charge in [0.05, 0.1) is 13.2 Å². The molecule has 1 aromatic rings. The van der Waals surface area contributed by atoms with Crippen LogP contribution in [0.5, 0.6) is 0 Å². The van der Waals surface area contributed by atoms with Crippen molar-refractivity contribution in [2.24, 2.45) is 0 Å². The minimum absolute atomic E-state index is 0.663. The lowest BCUT2D eigenvalue weighted by Crippen LogP contribution is -2.38. The van der Waals surface area contributed by atoms with Crippen LogP contribution in [-0.2, 0) is 11.2 Å². The van der Waals surface area contributed by atoms with Gasteiger partial charge < -0.3 is 15.0 Å². The lowest BCUT2D eigenvalue weighted by molar-refractivity contribution is 0.122. The smallest absolute Gasteiger partial charge is 0.0642 e. The molecule has 0 radical (unpaired) electrons. The molecule has 1 atom stereocenters. The van der Waals surface area contributed by atoms with Crippen LogP contribution in [0.1, 0.15) is 24.8 Å². The third kappa shape index (κ3) is 3.28. The second-order valence-electron chi connectivity index (χ2n) is 5.58. The molecule has 1 N–H and O–H groups in total. The van der Waals surface area contributed by atoms with Crippen LogP contribution in [0.4, 0.5) is 5.69 Å². The number of piperidine rings is 1. The molecule has 2 heterocycles. The van der Waals surface area contributed by atoms with Crippen LogP contribution < -0.4 is 10.2 Å². The van der Waals surface area contributed by atoms with Crippen LogP contribution in [0, 0.1) is 0 Å². The number of hydrogen-bond acceptors (Lipinski definition) is 3. The highest BCUT2D eigenvalue weighted by atomic mass is 16.5. The maximum atomic E-state index is 5.46. The third-order valence-corrected chi connectivity index (χ3v) is 4.22. The van der Waals surface area contributed by atoms with Gasteiger partial charge in [-0.15, -0.1) is 0 Å². The van der Waals surface area contributed by atoms with Crippen molar-refractivity contribution in [2.75, 3.05) is 37.7 Å². The Bertz CT molecular complexity index is 395. The Hall–Kier alpha value is -1.06. The van der Waals surface area contributed by atoms with Gasteiger partial charge in [-0.25, -0.2) is 0 Å². The van der Waals surface area contributed by atoms with E-state index in [0.717, 1.165) is 32.7 Å². The first-order chi connectivity index (χ1) is 9.43. The monoisotopic (exact) mass is 260 g/mol. The van der Waals surface area contributed by atoms with Crippen molar-refractivity contribution in [3.05, 3.63) is 29.8 Å². The molecule has 0 spiro atoms. The molecule has 2 aliphatic heterocycles. The summed E-state index contributed by atoms with van der Waals surface area (Å²) in [5.41, 5.74) is 2.90. The van der Waals surface area contributed by atoms with Gasteiger partial charge in [0.2, 0.25) is 0 Å². The molecule has 3 rings (SSSR count). The molecule has 104 valence electrons. The summed E-state index contributed by atoms with van der Waals surface area (Å²) in [5, 5.41) is 3.65. The van der Waals surface area contributed by atoms with E-state index in [1.807, 2.05) is 0 Å². The number of morpholine rings is 1.